The number of esters is 1. The summed E-state index contributed by atoms with van der Waals surface area (Å²) in [6, 6.07) is 8.68. The van der Waals surface area contributed by atoms with Crippen molar-refractivity contribution in [2.75, 3.05) is 6.54 Å². The molecule has 6 nitrogen and oxygen atoms in total. The van der Waals surface area contributed by atoms with E-state index in [1.54, 1.807) is 45.0 Å². The first kappa shape index (κ1) is 18.3. The number of nitrogens with zero attached hydrogens (tertiary/aromatic N) is 2. The maximum Gasteiger partial charge on any atom is 0.311 e. The van der Waals surface area contributed by atoms with Crippen LogP contribution in [-0.2, 0) is 22.6 Å². The van der Waals surface area contributed by atoms with Crippen molar-refractivity contribution >= 4 is 29.3 Å². The smallest absolute Gasteiger partial charge is 0.311 e. The highest BCUT2D eigenvalue weighted by Gasteiger charge is 2.34. The molecule has 2 amide bonds. The zero-order valence-electron chi connectivity index (χ0n) is 14.9. The number of hydrogen-bond acceptors (Lipinski definition) is 6. The van der Waals surface area contributed by atoms with Gasteiger partial charge < -0.3 is 4.74 Å². The average molecular weight is 372 g/mol. The minimum Gasteiger partial charge on any atom is -0.459 e. The molecular formula is C19H20N2O4S. The van der Waals surface area contributed by atoms with Crippen molar-refractivity contribution in [1.29, 1.82) is 0 Å². The Bertz CT molecular complexity index is 831. The third-order valence-electron chi connectivity index (χ3n) is 4.04. The van der Waals surface area contributed by atoms with Crippen LogP contribution in [0.3, 0.4) is 0 Å². The Morgan fingerprint density at radius 1 is 1.15 bits per heavy atom. The predicted molar refractivity (Wildman–Crippen MR) is 96.9 cm³/mol. The fourth-order valence-corrected chi connectivity index (χ4v) is 3.24. The SMILES string of the molecule is CC(C)(C)C(=O)OCc1cc(CCN2C(=O)c3ccccc3C2=O)ns1. The van der Waals surface area contributed by atoms with Crippen molar-refractivity contribution in [2.45, 2.75) is 33.8 Å². The Kier molecular flexibility index (Phi) is 4.91. The number of benzene rings is 1. The first-order valence-corrected chi connectivity index (χ1v) is 9.11. The molecule has 2 aromatic rings. The summed E-state index contributed by atoms with van der Waals surface area (Å²) in [5.41, 5.74) is 1.13. The molecular weight excluding hydrogens is 352 g/mol. The van der Waals surface area contributed by atoms with E-state index in [2.05, 4.69) is 4.37 Å². The van der Waals surface area contributed by atoms with E-state index < -0.39 is 5.41 Å². The van der Waals surface area contributed by atoms with Crippen LogP contribution in [0.15, 0.2) is 30.3 Å². The molecule has 26 heavy (non-hydrogen) atoms. The molecule has 0 unspecified atom stereocenters. The van der Waals surface area contributed by atoms with Gasteiger partial charge in [0.1, 0.15) is 6.61 Å². The molecule has 3 rings (SSSR count). The normalized spacial score (nSPS) is 13.9. The van der Waals surface area contributed by atoms with Crippen LogP contribution >= 0.6 is 11.5 Å². The van der Waals surface area contributed by atoms with E-state index in [-0.39, 0.29) is 30.9 Å². The predicted octanol–water partition coefficient (Wildman–Crippen LogP) is 3.07. The van der Waals surface area contributed by atoms with Gasteiger partial charge in [0.25, 0.3) is 11.8 Å². The second kappa shape index (κ2) is 6.99. The van der Waals surface area contributed by atoms with Crippen LogP contribution in [0.4, 0.5) is 0 Å². The van der Waals surface area contributed by atoms with Crippen molar-refractivity contribution in [3.05, 3.63) is 52.0 Å². The second-order valence-corrected chi connectivity index (χ2v) is 8.06. The summed E-state index contributed by atoms with van der Waals surface area (Å²) in [6.45, 7) is 5.86. The van der Waals surface area contributed by atoms with Gasteiger partial charge in [-0.2, -0.15) is 4.37 Å². The minimum absolute atomic E-state index is 0.181. The molecule has 1 aliphatic rings. The summed E-state index contributed by atoms with van der Waals surface area (Å²) in [4.78, 5) is 38.6. The van der Waals surface area contributed by atoms with Gasteiger partial charge >= 0.3 is 5.97 Å². The van der Waals surface area contributed by atoms with Gasteiger partial charge in [0.15, 0.2) is 0 Å². The number of rotatable bonds is 5. The first-order chi connectivity index (χ1) is 12.3. The molecule has 1 aliphatic heterocycles. The lowest BCUT2D eigenvalue weighted by atomic mass is 9.97. The van der Waals surface area contributed by atoms with Gasteiger partial charge in [-0.25, -0.2) is 0 Å². The fraction of sp³-hybridized carbons (Fsp3) is 0.368. The standard InChI is InChI=1S/C19H20N2O4S/c1-19(2,3)18(24)25-11-13-10-12(20-26-13)8-9-21-16(22)14-6-4-5-7-15(14)17(21)23/h4-7,10H,8-9,11H2,1-3H3. The Morgan fingerprint density at radius 3 is 2.35 bits per heavy atom. The minimum atomic E-state index is -0.543. The summed E-state index contributed by atoms with van der Waals surface area (Å²) < 4.78 is 9.59. The van der Waals surface area contributed by atoms with Crippen LogP contribution in [0, 0.1) is 5.41 Å². The molecule has 0 spiro atoms. The quantitative estimate of drug-likeness (QED) is 0.595. The largest absolute Gasteiger partial charge is 0.459 e. The Balaban J connectivity index is 1.57. The van der Waals surface area contributed by atoms with Gasteiger partial charge in [0.05, 0.1) is 27.1 Å². The van der Waals surface area contributed by atoms with E-state index in [0.29, 0.717) is 17.5 Å². The maximum atomic E-state index is 12.3. The van der Waals surface area contributed by atoms with E-state index in [1.807, 2.05) is 6.07 Å². The van der Waals surface area contributed by atoms with Gasteiger partial charge in [0.2, 0.25) is 0 Å². The maximum absolute atomic E-state index is 12.3. The third kappa shape index (κ3) is 3.67. The number of fused-ring (bicyclic) bond motifs is 1. The van der Waals surface area contributed by atoms with Crippen molar-refractivity contribution in [3.8, 4) is 0 Å². The number of imide groups is 1. The van der Waals surface area contributed by atoms with Gasteiger partial charge in [-0.3, -0.25) is 19.3 Å². The van der Waals surface area contributed by atoms with Crippen molar-refractivity contribution in [3.63, 3.8) is 0 Å². The van der Waals surface area contributed by atoms with Crippen molar-refractivity contribution < 1.29 is 19.1 Å². The summed E-state index contributed by atoms with van der Waals surface area (Å²) in [5.74, 6) is -0.793. The van der Waals surface area contributed by atoms with Crippen LogP contribution in [0.1, 0.15) is 52.1 Å². The van der Waals surface area contributed by atoms with E-state index >= 15 is 0 Å². The summed E-state index contributed by atoms with van der Waals surface area (Å²) in [6.07, 6.45) is 0.467. The Morgan fingerprint density at radius 2 is 1.77 bits per heavy atom. The first-order valence-electron chi connectivity index (χ1n) is 8.34. The van der Waals surface area contributed by atoms with Crippen LogP contribution < -0.4 is 0 Å². The third-order valence-corrected chi connectivity index (χ3v) is 4.83. The summed E-state index contributed by atoms with van der Waals surface area (Å²) in [5, 5.41) is 0. The van der Waals surface area contributed by atoms with E-state index in [1.165, 1.54) is 16.4 Å². The van der Waals surface area contributed by atoms with E-state index in [9.17, 15) is 14.4 Å². The summed E-state index contributed by atoms with van der Waals surface area (Å²) in [7, 11) is 0. The number of amides is 2. The van der Waals surface area contributed by atoms with E-state index in [0.717, 1.165) is 10.6 Å². The molecule has 0 atom stereocenters. The van der Waals surface area contributed by atoms with Crippen LogP contribution in [0.2, 0.25) is 0 Å². The molecule has 136 valence electrons. The van der Waals surface area contributed by atoms with Gasteiger partial charge in [-0.05, 0) is 50.5 Å². The van der Waals surface area contributed by atoms with E-state index in [4.69, 9.17) is 4.74 Å². The Labute approximate surface area is 155 Å². The molecule has 0 saturated heterocycles. The van der Waals surface area contributed by atoms with Crippen molar-refractivity contribution in [1.82, 2.24) is 9.27 Å². The lowest BCUT2D eigenvalue weighted by Gasteiger charge is -2.15. The summed E-state index contributed by atoms with van der Waals surface area (Å²) >= 11 is 1.26. The van der Waals surface area contributed by atoms with Gasteiger partial charge in [-0.1, -0.05) is 12.1 Å². The number of aromatic nitrogens is 1. The molecule has 7 heteroatoms. The lowest BCUT2D eigenvalue weighted by molar-refractivity contribution is -0.154. The van der Waals surface area contributed by atoms with Crippen molar-refractivity contribution in [2.24, 2.45) is 5.41 Å². The molecule has 1 aromatic carbocycles. The highest BCUT2D eigenvalue weighted by Crippen LogP contribution is 2.23. The van der Waals surface area contributed by atoms with Gasteiger partial charge in [-0.15, -0.1) is 0 Å². The highest BCUT2D eigenvalue weighted by atomic mass is 32.1. The van der Waals surface area contributed by atoms with Crippen LogP contribution in [0.25, 0.3) is 0 Å². The molecule has 0 bridgehead atoms. The molecule has 0 saturated carbocycles. The number of ether oxygens (including phenoxy) is 1. The molecule has 0 fully saturated rings. The van der Waals surface area contributed by atoms with Crippen LogP contribution in [0.5, 0.6) is 0 Å². The zero-order chi connectivity index (χ0) is 18.9. The monoisotopic (exact) mass is 372 g/mol. The lowest BCUT2D eigenvalue weighted by Crippen LogP contribution is -2.31. The second-order valence-electron chi connectivity index (χ2n) is 7.17. The topological polar surface area (TPSA) is 76.6 Å². The Hall–Kier alpha value is -2.54. The van der Waals surface area contributed by atoms with Crippen LogP contribution in [-0.4, -0.2) is 33.6 Å². The zero-order valence-corrected chi connectivity index (χ0v) is 15.8. The number of carbonyl (C=O) groups is 3. The number of carbonyl (C=O) groups excluding carboxylic acids is 3. The van der Waals surface area contributed by atoms with Gasteiger partial charge in [0, 0.05) is 13.0 Å². The molecule has 1 aromatic heterocycles. The number of hydrogen-bond donors (Lipinski definition) is 0. The highest BCUT2D eigenvalue weighted by molar-refractivity contribution is 7.05. The average Bonchev–Trinajstić information content (AvgIpc) is 3.14. The molecule has 0 radical (unpaired) electrons. The molecule has 0 N–H and O–H groups in total. The fourth-order valence-electron chi connectivity index (χ4n) is 2.56. The molecule has 0 aliphatic carbocycles. The molecule has 2 heterocycles.